The minimum absolute atomic E-state index is 0.535. The van der Waals surface area contributed by atoms with Crippen molar-refractivity contribution in [2.24, 2.45) is 0 Å². The maximum Gasteiger partial charge on any atom is 0.0714 e. The molecule has 0 saturated heterocycles. The van der Waals surface area contributed by atoms with Gasteiger partial charge in [0.2, 0.25) is 0 Å². The first-order valence-electron chi connectivity index (χ1n) is 16.7. The van der Waals surface area contributed by atoms with E-state index in [9.17, 15) is 0 Å². The van der Waals surface area contributed by atoms with Crippen LogP contribution in [0.3, 0.4) is 0 Å². The molecule has 2 heterocycles. The van der Waals surface area contributed by atoms with Crippen LogP contribution in [0.15, 0.2) is 194 Å². The lowest BCUT2D eigenvalue weighted by Gasteiger charge is -2.34. The fourth-order valence-corrected chi connectivity index (χ4v) is 7.58. The van der Waals surface area contributed by atoms with Crippen molar-refractivity contribution in [3.63, 3.8) is 0 Å². The molecular formula is C47H32N2. The number of hydrogen-bond donors (Lipinski definition) is 0. The number of fused-ring (bicyclic) bond motifs is 3. The minimum atomic E-state index is -0.535. The summed E-state index contributed by atoms with van der Waals surface area (Å²) in [6, 6.07) is 65.1. The van der Waals surface area contributed by atoms with Crippen LogP contribution in [-0.2, 0) is 5.41 Å². The third-order valence-electron chi connectivity index (χ3n) is 9.88. The topological polar surface area (TPSA) is 25.8 Å². The monoisotopic (exact) mass is 624 g/mol. The van der Waals surface area contributed by atoms with Crippen molar-refractivity contribution in [2.75, 3.05) is 0 Å². The normalized spacial score (nSPS) is 12.7. The minimum Gasteiger partial charge on any atom is -0.256 e. The molecule has 6 aromatic carbocycles. The van der Waals surface area contributed by atoms with Gasteiger partial charge in [0.1, 0.15) is 0 Å². The van der Waals surface area contributed by atoms with Crippen molar-refractivity contribution in [1.29, 1.82) is 0 Å². The van der Waals surface area contributed by atoms with Crippen molar-refractivity contribution in [3.05, 3.63) is 217 Å². The Morgan fingerprint density at radius 2 is 0.714 bits per heavy atom. The van der Waals surface area contributed by atoms with Crippen LogP contribution in [0.2, 0.25) is 0 Å². The molecule has 9 rings (SSSR count). The molecule has 0 bridgehead atoms. The number of benzene rings is 6. The fraction of sp³-hybridized carbons (Fsp3) is 0.0213. The Kier molecular flexibility index (Phi) is 7.06. The van der Waals surface area contributed by atoms with E-state index in [0.29, 0.717) is 0 Å². The molecule has 0 spiro atoms. The molecule has 2 heteroatoms. The standard InChI is InChI=1S/C47H32N2/c1-3-13-33(14-4-1)37-25-27-45(48-31-37)35-17-11-19-39(29-35)47(43-23-9-7-21-41(43)42-22-8-10-24-44(42)47)40-20-12-18-36(30-40)46-28-26-38(32-49-46)34-15-5-2-6-16-34/h1-32H. The highest BCUT2D eigenvalue weighted by atomic mass is 14.7. The van der Waals surface area contributed by atoms with Gasteiger partial charge in [-0.25, -0.2) is 0 Å². The Hall–Kier alpha value is -6.38. The van der Waals surface area contributed by atoms with E-state index < -0.39 is 5.41 Å². The summed E-state index contributed by atoms with van der Waals surface area (Å²) in [5, 5.41) is 0. The Morgan fingerprint density at radius 1 is 0.306 bits per heavy atom. The molecule has 0 fully saturated rings. The molecule has 0 saturated carbocycles. The SMILES string of the molecule is c1ccc(-c2ccc(-c3cccc(C4(c5cccc(-c6ccc(-c7ccccc7)cn6)c5)c5ccccc5-c5ccccc54)c3)nc2)cc1. The summed E-state index contributed by atoms with van der Waals surface area (Å²) in [5.74, 6) is 0. The largest absolute Gasteiger partial charge is 0.256 e. The molecule has 1 aliphatic carbocycles. The summed E-state index contributed by atoms with van der Waals surface area (Å²) in [4.78, 5) is 9.90. The quantitative estimate of drug-likeness (QED) is 0.184. The number of hydrogen-bond acceptors (Lipinski definition) is 2. The molecule has 0 unspecified atom stereocenters. The zero-order chi connectivity index (χ0) is 32.6. The van der Waals surface area contributed by atoms with E-state index in [1.807, 2.05) is 24.5 Å². The molecule has 49 heavy (non-hydrogen) atoms. The van der Waals surface area contributed by atoms with Crippen molar-refractivity contribution in [1.82, 2.24) is 9.97 Å². The summed E-state index contributed by atoms with van der Waals surface area (Å²) in [7, 11) is 0. The van der Waals surface area contributed by atoms with E-state index in [0.717, 1.165) is 44.8 Å². The number of rotatable bonds is 6. The molecule has 0 N–H and O–H groups in total. The summed E-state index contributed by atoms with van der Waals surface area (Å²) in [6.45, 7) is 0. The summed E-state index contributed by atoms with van der Waals surface area (Å²) < 4.78 is 0. The predicted molar refractivity (Wildman–Crippen MR) is 201 cm³/mol. The first-order valence-corrected chi connectivity index (χ1v) is 16.7. The highest BCUT2D eigenvalue weighted by Gasteiger charge is 2.46. The van der Waals surface area contributed by atoms with E-state index >= 15 is 0 Å². The van der Waals surface area contributed by atoms with E-state index in [1.54, 1.807) is 0 Å². The molecule has 230 valence electrons. The highest BCUT2D eigenvalue weighted by molar-refractivity contribution is 5.87. The van der Waals surface area contributed by atoms with Crippen LogP contribution in [-0.4, -0.2) is 9.97 Å². The van der Waals surface area contributed by atoms with Gasteiger partial charge in [-0.3, -0.25) is 9.97 Å². The molecular weight excluding hydrogens is 593 g/mol. The Bertz CT molecular complexity index is 2240. The van der Waals surface area contributed by atoms with Crippen molar-refractivity contribution in [2.45, 2.75) is 5.41 Å². The van der Waals surface area contributed by atoms with E-state index in [4.69, 9.17) is 9.97 Å². The second-order valence-electron chi connectivity index (χ2n) is 12.6. The second-order valence-corrected chi connectivity index (χ2v) is 12.6. The lowest BCUT2D eigenvalue weighted by atomic mass is 9.67. The van der Waals surface area contributed by atoms with Crippen LogP contribution in [0.25, 0.3) is 55.9 Å². The fourth-order valence-electron chi connectivity index (χ4n) is 7.58. The highest BCUT2D eigenvalue weighted by Crippen LogP contribution is 2.56. The third-order valence-corrected chi connectivity index (χ3v) is 9.88. The lowest BCUT2D eigenvalue weighted by Crippen LogP contribution is -2.28. The molecule has 0 aliphatic heterocycles. The second kappa shape index (κ2) is 12.0. The first-order chi connectivity index (χ1) is 24.3. The first kappa shape index (κ1) is 28.8. The van der Waals surface area contributed by atoms with Gasteiger partial charge < -0.3 is 0 Å². The number of nitrogens with zero attached hydrogens (tertiary/aromatic N) is 2. The van der Waals surface area contributed by atoms with Crippen LogP contribution in [0.4, 0.5) is 0 Å². The summed E-state index contributed by atoms with van der Waals surface area (Å²) >= 11 is 0. The van der Waals surface area contributed by atoms with Crippen molar-refractivity contribution < 1.29 is 0 Å². The molecule has 0 amide bonds. The smallest absolute Gasteiger partial charge is 0.0714 e. The van der Waals surface area contributed by atoms with Crippen LogP contribution in [0.1, 0.15) is 22.3 Å². The van der Waals surface area contributed by atoms with Gasteiger partial charge in [0.25, 0.3) is 0 Å². The van der Waals surface area contributed by atoms with Gasteiger partial charge in [-0.2, -0.15) is 0 Å². The zero-order valence-electron chi connectivity index (χ0n) is 26.9. The van der Waals surface area contributed by atoms with Crippen molar-refractivity contribution >= 4 is 0 Å². The predicted octanol–water partition coefficient (Wildman–Crippen LogP) is 11.5. The van der Waals surface area contributed by atoms with Crippen LogP contribution >= 0.6 is 0 Å². The van der Waals surface area contributed by atoms with Gasteiger partial charge in [-0.15, -0.1) is 0 Å². The number of aromatic nitrogens is 2. The molecule has 2 aromatic heterocycles. The Morgan fingerprint density at radius 3 is 1.14 bits per heavy atom. The molecule has 0 radical (unpaired) electrons. The maximum atomic E-state index is 4.95. The van der Waals surface area contributed by atoms with E-state index in [-0.39, 0.29) is 0 Å². The third kappa shape index (κ3) is 4.89. The average molecular weight is 625 g/mol. The average Bonchev–Trinajstić information content (AvgIpc) is 3.50. The number of pyridine rings is 2. The Balaban J connectivity index is 1.20. The molecule has 1 aliphatic rings. The maximum absolute atomic E-state index is 4.95. The van der Waals surface area contributed by atoms with E-state index in [1.165, 1.54) is 33.4 Å². The van der Waals surface area contributed by atoms with Gasteiger partial charge in [-0.05, 0) is 68.8 Å². The van der Waals surface area contributed by atoms with Gasteiger partial charge in [0, 0.05) is 34.6 Å². The summed E-state index contributed by atoms with van der Waals surface area (Å²) in [5.41, 5.74) is 15.6. The van der Waals surface area contributed by atoms with Gasteiger partial charge in [-0.1, -0.05) is 158 Å². The summed E-state index contributed by atoms with van der Waals surface area (Å²) in [6.07, 6.45) is 3.96. The van der Waals surface area contributed by atoms with Crippen LogP contribution in [0, 0.1) is 0 Å². The van der Waals surface area contributed by atoms with Gasteiger partial charge in [0.15, 0.2) is 0 Å². The zero-order valence-corrected chi connectivity index (χ0v) is 26.9. The van der Waals surface area contributed by atoms with Crippen molar-refractivity contribution in [3.8, 4) is 55.9 Å². The molecule has 2 nitrogen and oxygen atoms in total. The molecule has 0 atom stereocenters. The Labute approximate surface area is 287 Å². The van der Waals surface area contributed by atoms with Gasteiger partial charge in [0.05, 0.1) is 16.8 Å². The lowest BCUT2D eigenvalue weighted by molar-refractivity contribution is 0.769. The molecule has 8 aromatic rings. The van der Waals surface area contributed by atoms with Crippen LogP contribution in [0.5, 0.6) is 0 Å². The van der Waals surface area contributed by atoms with Crippen LogP contribution < -0.4 is 0 Å². The van der Waals surface area contributed by atoms with Gasteiger partial charge >= 0.3 is 0 Å². The van der Waals surface area contributed by atoms with E-state index in [2.05, 4.69) is 170 Å².